The summed E-state index contributed by atoms with van der Waals surface area (Å²) in [5, 5.41) is 3.97. The molecular weight excluding hydrogens is 773 g/mol. The van der Waals surface area contributed by atoms with E-state index in [2.05, 4.69) is 141 Å². The first kappa shape index (κ1) is 33.6. The van der Waals surface area contributed by atoms with Crippen LogP contribution in [0.5, 0.6) is 0 Å². The van der Waals surface area contributed by atoms with Crippen LogP contribution in [-0.4, -0.2) is 18.0 Å². The molecule has 0 unspecified atom stereocenters. The number of thiophene rings is 1. The third-order valence-electron chi connectivity index (χ3n) is 8.04. The van der Waals surface area contributed by atoms with Crippen molar-refractivity contribution in [1.82, 2.24) is 9.97 Å². The number of aromatic nitrogens is 2. The fourth-order valence-corrected chi connectivity index (χ4v) is 7.61. The SMILES string of the molecule is CC(C)(C)c1ccnc(-c2[c-]ccc3c2sc2cc(-c4ccccc4)ccc23)c1.C[Si](C)(C)c1ccc(-c2[c-]cccc2)nc1.[Ir]. The standard InChI is InChI=1S/C27H22NS.C14H16NSi.Ir/c1-27(2,3)20-14-15-28-24(17-20)23-11-7-10-22-21-13-12-19(16-25(21)29-26(22)23)18-8-5-4-6-9-18;1-16(2,3)13-9-10-14(15-11-13)12-7-5-4-6-8-12;/h4-10,12-17H,1-3H3;4-7,9-11H,1-3H3;/q2*-1;. The minimum atomic E-state index is -1.23. The third kappa shape index (κ3) is 7.45. The normalized spacial score (nSPS) is 11.5. The monoisotopic (exact) mass is 811 g/mol. The smallest absolute Gasteiger partial charge is 0.0795 e. The minimum Gasteiger partial charge on any atom is -0.305 e. The van der Waals surface area contributed by atoms with E-state index in [4.69, 9.17) is 0 Å². The van der Waals surface area contributed by atoms with Crippen LogP contribution in [-0.2, 0) is 25.5 Å². The van der Waals surface area contributed by atoms with Gasteiger partial charge in [0.15, 0.2) is 0 Å². The van der Waals surface area contributed by atoms with Crippen molar-refractivity contribution in [3.8, 4) is 33.6 Å². The molecule has 5 heteroatoms. The quantitative estimate of drug-likeness (QED) is 0.131. The number of pyridine rings is 2. The zero-order valence-corrected chi connectivity index (χ0v) is 31.4. The van der Waals surface area contributed by atoms with E-state index in [1.54, 1.807) is 0 Å². The van der Waals surface area contributed by atoms with Gasteiger partial charge in [0.1, 0.15) is 0 Å². The molecule has 1 radical (unpaired) electrons. The maximum absolute atomic E-state index is 4.68. The zero-order chi connectivity index (χ0) is 31.6. The summed E-state index contributed by atoms with van der Waals surface area (Å²) in [6.07, 6.45) is 3.94. The molecule has 7 rings (SSSR count). The van der Waals surface area contributed by atoms with Crippen molar-refractivity contribution in [3.05, 3.63) is 139 Å². The predicted octanol–water partition coefficient (Wildman–Crippen LogP) is 11.0. The summed E-state index contributed by atoms with van der Waals surface area (Å²) in [6, 6.07) is 44.8. The summed E-state index contributed by atoms with van der Waals surface area (Å²) in [5.74, 6) is 0. The molecule has 0 aliphatic heterocycles. The van der Waals surface area contributed by atoms with E-state index < -0.39 is 8.07 Å². The van der Waals surface area contributed by atoms with Crippen molar-refractivity contribution < 1.29 is 20.1 Å². The third-order valence-corrected chi connectivity index (χ3v) is 11.3. The average Bonchev–Trinajstić information content (AvgIpc) is 3.43. The first-order valence-corrected chi connectivity index (χ1v) is 19.7. The van der Waals surface area contributed by atoms with E-state index in [9.17, 15) is 0 Å². The molecule has 0 saturated heterocycles. The van der Waals surface area contributed by atoms with Crippen LogP contribution < -0.4 is 5.19 Å². The van der Waals surface area contributed by atoms with Gasteiger partial charge in [0.2, 0.25) is 0 Å². The molecule has 3 aromatic heterocycles. The van der Waals surface area contributed by atoms with E-state index >= 15 is 0 Å². The van der Waals surface area contributed by atoms with Gasteiger partial charge in [-0.1, -0.05) is 106 Å². The van der Waals surface area contributed by atoms with E-state index in [1.165, 1.54) is 42.0 Å². The maximum atomic E-state index is 4.68. The van der Waals surface area contributed by atoms with Crippen LogP contribution in [0.2, 0.25) is 19.6 Å². The molecule has 4 aromatic carbocycles. The van der Waals surface area contributed by atoms with Gasteiger partial charge in [-0.3, -0.25) is 0 Å². The Labute approximate surface area is 292 Å². The fourth-order valence-electron chi connectivity index (χ4n) is 5.33. The molecule has 0 amide bonds. The summed E-state index contributed by atoms with van der Waals surface area (Å²) >= 11 is 1.83. The maximum Gasteiger partial charge on any atom is 0.0795 e. The van der Waals surface area contributed by atoms with Gasteiger partial charge in [0, 0.05) is 37.2 Å². The number of nitrogens with zero attached hydrogens (tertiary/aromatic N) is 2. The Hall–Kier alpha value is -3.73. The summed E-state index contributed by atoms with van der Waals surface area (Å²) in [6.45, 7) is 13.7. The van der Waals surface area contributed by atoms with Crippen LogP contribution in [0.4, 0.5) is 0 Å². The molecule has 0 atom stereocenters. The molecule has 0 aliphatic carbocycles. The van der Waals surface area contributed by atoms with E-state index in [-0.39, 0.29) is 25.5 Å². The van der Waals surface area contributed by atoms with Crippen molar-refractivity contribution >= 4 is 44.8 Å². The van der Waals surface area contributed by atoms with Crippen molar-refractivity contribution in [1.29, 1.82) is 0 Å². The Kier molecular flexibility index (Phi) is 10.2. The van der Waals surface area contributed by atoms with E-state index in [1.807, 2.05) is 54.1 Å². The number of hydrogen-bond donors (Lipinski definition) is 0. The average molecular weight is 811 g/mol. The van der Waals surface area contributed by atoms with Gasteiger partial charge in [0.25, 0.3) is 0 Å². The Balaban J connectivity index is 0.000000209. The van der Waals surface area contributed by atoms with Gasteiger partial charge in [-0.05, 0) is 60.9 Å². The Morgan fingerprint density at radius 2 is 1.46 bits per heavy atom. The van der Waals surface area contributed by atoms with Crippen LogP contribution in [0.1, 0.15) is 26.3 Å². The Bertz CT molecular complexity index is 2060. The molecule has 0 bridgehead atoms. The Morgan fingerprint density at radius 3 is 2.13 bits per heavy atom. The predicted molar refractivity (Wildman–Crippen MR) is 197 cm³/mol. The van der Waals surface area contributed by atoms with Crippen molar-refractivity contribution in [3.63, 3.8) is 0 Å². The molecule has 233 valence electrons. The Morgan fingerprint density at radius 1 is 0.674 bits per heavy atom. The van der Waals surface area contributed by atoms with Crippen LogP contribution in [0.3, 0.4) is 0 Å². The molecule has 0 fully saturated rings. The minimum absolute atomic E-state index is 0. The van der Waals surface area contributed by atoms with Crippen molar-refractivity contribution in [2.75, 3.05) is 0 Å². The topological polar surface area (TPSA) is 25.8 Å². The molecule has 0 N–H and O–H groups in total. The first-order valence-electron chi connectivity index (χ1n) is 15.4. The molecule has 0 aliphatic rings. The number of fused-ring (bicyclic) bond motifs is 3. The van der Waals surface area contributed by atoms with Crippen molar-refractivity contribution in [2.45, 2.75) is 45.8 Å². The number of rotatable bonds is 4. The number of hydrogen-bond acceptors (Lipinski definition) is 3. The van der Waals surface area contributed by atoms with Gasteiger partial charge in [-0.15, -0.1) is 59.7 Å². The summed E-state index contributed by atoms with van der Waals surface area (Å²) in [7, 11) is -1.23. The molecule has 0 spiro atoms. The largest absolute Gasteiger partial charge is 0.305 e. The molecule has 3 heterocycles. The molecule has 46 heavy (non-hydrogen) atoms. The van der Waals surface area contributed by atoms with Gasteiger partial charge >= 0.3 is 0 Å². The van der Waals surface area contributed by atoms with Gasteiger partial charge in [0.05, 0.1) is 8.07 Å². The zero-order valence-electron chi connectivity index (χ0n) is 27.2. The van der Waals surface area contributed by atoms with Gasteiger partial charge < -0.3 is 9.97 Å². The molecule has 7 aromatic rings. The second kappa shape index (κ2) is 13.9. The fraction of sp³-hybridized carbons (Fsp3) is 0.171. The van der Waals surface area contributed by atoms with Crippen LogP contribution in [0.15, 0.2) is 122 Å². The number of benzene rings is 4. The van der Waals surface area contributed by atoms with E-state index in [0.29, 0.717) is 0 Å². The van der Waals surface area contributed by atoms with Crippen LogP contribution in [0, 0.1) is 12.1 Å². The van der Waals surface area contributed by atoms with Crippen molar-refractivity contribution in [2.24, 2.45) is 0 Å². The van der Waals surface area contributed by atoms with Crippen LogP contribution >= 0.6 is 11.3 Å². The second-order valence-corrected chi connectivity index (χ2v) is 19.5. The molecule has 0 saturated carbocycles. The first-order chi connectivity index (χ1) is 21.6. The molecule has 2 nitrogen and oxygen atoms in total. The summed E-state index contributed by atoms with van der Waals surface area (Å²) < 4.78 is 2.56. The van der Waals surface area contributed by atoms with Crippen LogP contribution in [0.25, 0.3) is 53.8 Å². The van der Waals surface area contributed by atoms with Gasteiger partial charge in [-0.25, -0.2) is 0 Å². The van der Waals surface area contributed by atoms with E-state index in [0.717, 1.165) is 22.5 Å². The summed E-state index contributed by atoms with van der Waals surface area (Å²) in [5.41, 5.74) is 8.04. The second-order valence-electron chi connectivity index (χ2n) is 13.4. The summed E-state index contributed by atoms with van der Waals surface area (Å²) in [4.78, 5) is 9.20. The van der Waals surface area contributed by atoms with Gasteiger partial charge in [-0.2, -0.15) is 11.3 Å². The molecular formula is C41H38IrN2SSi-2.